The summed E-state index contributed by atoms with van der Waals surface area (Å²) in [6.07, 6.45) is 1.05. The van der Waals surface area contributed by atoms with E-state index >= 15 is 0 Å². The average molecular weight is 235 g/mol. The van der Waals surface area contributed by atoms with Crippen LogP contribution in [0.2, 0.25) is 0 Å². The molecule has 16 heavy (non-hydrogen) atoms. The number of fused-ring (bicyclic) bond motifs is 1. The summed E-state index contributed by atoms with van der Waals surface area (Å²) in [5.41, 5.74) is 0. The summed E-state index contributed by atoms with van der Waals surface area (Å²) >= 11 is 0. The Labute approximate surface area is 94.2 Å². The molecule has 0 atom stereocenters. The zero-order chi connectivity index (χ0) is 11.6. The van der Waals surface area contributed by atoms with Crippen LogP contribution in [0.15, 0.2) is 55.3 Å². The van der Waals surface area contributed by atoms with E-state index in [1.165, 1.54) is 0 Å². The molecule has 0 aliphatic heterocycles. The lowest BCUT2D eigenvalue weighted by atomic mass is 10.1. The second-order valence-corrected chi connectivity index (χ2v) is 5.10. The molecular formula is C12H12O3P+. The Morgan fingerprint density at radius 2 is 1.75 bits per heavy atom. The van der Waals surface area contributed by atoms with E-state index in [0.717, 1.165) is 17.0 Å². The first kappa shape index (κ1) is 11.1. The van der Waals surface area contributed by atoms with Gasteiger partial charge in [-0.3, -0.25) is 4.52 Å². The van der Waals surface area contributed by atoms with Gasteiger partial charge in [0.1, 0.15) is 6.26 Å². The van der Waals surface area contributed by atoms with E-state index in [-0.39, 0.29) is 0 Å². The van der Waals surface area contributed by atoms with Gasteiger partial charge in [0.05, 0.1) is 0 Å². The van der Waals surface area contributed by atoms with Crippen LogP contribution >= 0.6 is 7.94 Å². The standard InChI is InChI=1S/C12H12O3P/c1-2-15-16(13,14)12-9-5-7-10-6-3-4-8-11(10)12/h2-9,13-14H,1H2/q+1. The smallest absolute Gasteiger partial charge is 0.289 e. The Kier molecular flexibility index (Phi) is 2.92. The van der Waals surface area contributed by atoms with Crippen molar-refractivity contribution < 1.29 is 14.3 Å². The molecule has 0 aromatic heterocycles. The van der Waals surface area contributed by atoms with Crippen molar-refractivity contribution in [2.24, 2.45) is 0 Å². The Morgan fingerprint density at radius 3 is 2.50 bits per heavy atom. The van der Waals surface area contributed by atoms with Gasteiger partial charge >= 0.3 is 7.94 Å². The van der Waals surface area contributed by atoms with Crippen molar-refractivity contribution >= 4 is 24.0 Å². The summed E-state index contributed by atoms with van der Waals surface area (Å²) < 4.78 is 4.81. The summed E-state index contributed by atoms with van der Waals surface area (Å²) in [4.78, 5) is 19.7. The van der Waals surface area contributed by atoms with Crippen LogP contribution in [0.1, 0.15) is 0 Å². The van der Waals surface area contributed by atoms with Crippen LogP contribution in [-0.2, 0) is 4.52 Å². The highest BCUT2D eigenvalue weighted by molar-refractivity contribution is 7.68. The Hall–Kier alpha value is -1.41. The summed E-state index contributed by atoms with van der Waals surface area (Å²) in [6, 6.07) is 12.8. The molecule has 0 spiro atoms. The van der Waals surface area contributed by atoms with E-state index in [9.17, 15) is 9.79 Å². The molecule has 2 aromatic rings. The molecule has 0 fully saturated rings. The molecule has 2 aromatic carbocycles. The van der Waals surface area contributed by atoms with Gasteiger partial charge in [0.2, 0.25) is 0 Å². The monoisotopic (exact) mass is 235 g/mol. The van der Waals surface area contributed by atoms with Crippen molar-refractivity contribution in [3.63, 3.8) is 0 Å². The van der Waals surface area contributed by atoms with Gasteiger partial charge in [-0.1, -0.05) is 43.0 Å². The number of hydrogen-bond acceptors (Lipinski definition) is 3. The van der Waals surface area contributed by atoms with Crippen LogP contribution in [0.4, 0.5) is 0 Å². The molecule has 2 rings (SSSR count). The van der Waals surface area contributed by atoms with Gasteiger partial charge in [-0.2, -0.15) is 9.79 Å². The molecule has 3 nitrogen and oxygen atoms in total. The normalized spacial score (nSPS) is 11.4. The van der Waals surface area contributed by atoms with Gasteiger partial charge in [0.25, 0.3) is 0 Å². The first-order valence-electron chi connectivity index (χ1n) is 4.77. The molecule has 0 saturated carbocycles. The van der Waals surface area contributed by atoms with Crippen molar-refractivity contribution in [2.45, 2.75) is 0 Å². The van der Waals surface area contributed by atoms with E-state index in [4.69, 9.17) is 4.52 Å². The lowest BCUT2D eigenvalue weighted by molar-refractivity contribution is 0.324. The third-order valence-corrected chi connectivity index (χ3v) is 3.76. The lowest BCUT2D eigenvalue weighted by Crippen LogP contribution is -2.12. The topological polar surface area (TPSA) is 49.7 Å². The van der Waals surface area contributed by atoms with Crippen molar-refractivity contribution in [1.82, 2.24) is 0 Å². The second-order valence-electron chi connectivity index (χ2n) is 3.31. The fraction of sp³-hybridized carbons (Fsp3) is 0. The molecule has 0 aliphatic carbocycles. The van der Waals surface area contributed by atoms with Crippen LogP contribution in [0.3, 0.4) is 0 Å². The maximum Gasteiger partial charge on any atom is 0.487 e. The molecule has 4 heteroatoms. The maximum absolute atomic E-state index is 9.86. The minimum atomic E-state index is -3.56. The van der Waals surface area contributed by atoms with Crippen LogP contribution in [0.5, 0.6) is 0 Å². The van der Waals surface area contributed by atoms with Crippen molar-refractivity contribution in [2.75, 3.05) is 0 Å². The van der Waals surface area contributed by atoms with E-state index < -0.39 is 7.94 Å². The number of rotatable bonds is 3. The fourth-order valence-electron chi connectivity index (χ4n) is 1.62. The molecular weight excluding hydrogens is 223 g/mol. The highest BCUT2D eigenvalue weighted by atomic mass is 31.2. The minimum Gasteiger partial charge on any atom is -0.289 e. The number of hydrogen-bond donors (Lipinski definition) is 2. The van der Waals surface area contributed by atoms with E-state index in [1.54, 1.807) is 12.1 Å². The summed E-state index contributed by atoms with van der Waals surface area (Å²) in [5, 5.41) is 2.14. The molecule has 0 amide bonds. The Bertz CT molecular complexity index is 517. The second kappa shape index (κ2) is 4.22. The molecule has 0 unspecified atom stereocenters. The Morgan fingerprint density at radius 1 is 1.06 bits per heavy atom. The summed E-state index contributed by atoms with van der Waals surface area (Å²) in [6.45, 7) is 3.34. The molecule has 0 saturated heterocycles. The van der Waals surface area contributed by atoms with Crippen LogP contribution in [-0.4, -0.2) is 9.79 Å². The van der Waals surface area contributed by atoms with Crippen LogP contribution < -0.4 is 5.30 Å². The van der Waals surface area contributed by atoms with Gasteiger partial charge < -0.3 is 0 Å². The third-order valence-electron chi connectivity index (χ3n) is 2.30. The zero-order valence-corrected chi connectivity index (χ0v) is 9.47. The largest absolute Gasteiger partial charge is 0.487 e. The van der Waals surface area contributed by atoms with Crippen molar-refractivity contribution in [3.8, 4) is 0 Å². The highest BCUT2D eigenvalue weighted by Crippen LogP contribution is 2.51. The van der Waals surface area contributed by atoms with Crippen LogP contribution in [0.25, 0.3) is 10.8 Å². The zero-order valence-electron chi connectivity index (χ0n) is 8.58. The fourth-order valence-corrected chi connectivity index (χ4v) is 2.74. The predicted molar refractivity (Wildman–Crippen MR) is 66.2 cm³/mol. The maximum atomic E-state index is 9.86. The van der Waals surface area contributed by atoms with E-state index in [2.05, 4.69) is 6.58 Å². The molecule has 0 bridgehead atoms. The SMILES string of the molecule is C=CO[P+](O)(O)c1cccc2ccccc12. The summed E-state index contributed by atoms with van der Waals surface area (Å²) in [7, 11) is -3.56. The van der Waals surface area contributed by atoms with Crippen molar-refractivity contribution in [3.05, 3.63) is 55.3 Å². The van der Waals surface area contributed by atoms with E-state index in [1.807, 2.05) is 30.3 Å². The van der Waals surface area contributed by atoms with Gasteiger partial charge in [0.15, 0.2) is 5.30 Å². The quantitative estimate of drug-likeness (QED) is 0.634. The molecule has 82 valence electrons. The predicted octanol–water partition coefficient (Wildman–Crippen LogP) is 2.37. The highest BCUT2D eigenvalue weighted by Gasteiger charge is 2.40. The summed E-state index contributed by atoms with van der Waals surface area (Å²) in [5.74, 6) is 0. The first-order chi connectivity index (χ1) is 7.65. The van der Waals surface area contributed by atoms with Gasteiger partial charge in [-0.05, 0) is 11.5 Å². The minimum absolute atomic E-state index is 0.408. The molecule has 0 radical (unpaired) electrons. The van der Waals surface area contributed by atoms with Crippen molar-refractivity contribution in [1.29, 1.82) is 0 Å². The third kappa shape index (κ3) is 1.93. The van der Waals surface area contributed by atoms with Gasteiger partial charge in [-0.15, -0.1) is 0 Å². The van der Waals surface area contributed by atoms with Gasteiger partial charge in [-0.25, -0.2) is 0 Å². The van der Waals surface area contributed by atoms with E-state index in [0.29, 0.717) is 5.30 Å². The average Bonchev–Trinajstić information content (AvgIpc) is 2.28. The molecule has 0 aliphatic rings. The Balaban J connectivity index is 2.64. The lowest BCUT2D eigenvalue weighted by Gasteiger charge is -2.10. The molecule has 2 N–H and O–H groups in total. The first-order valence-corrected chi connectivity index (χ1v) is 6.38. The van der Waals surface area contributed by atoms with Crippen LogP contribution in [0, 0.1) is 0 Å². The number of benzene rings is 2. The van der Waals surface area contributed by atoms with Gasteiger partial charge in [0, 0.05) is 5.39 Å². The molecule has 0 heterocycles.